The minimum Gasteiger partial charge on any atom is -0.272 e. The summed E-state index contributed by atoms with van der Waals surface area (Å²) in [5.74, 6) is 0.642. The molecular formula is C11H11N3O. The number of hydrazone groups is 1. The van der Waals surface area contributed by atoms with Crippen molar-refractivity contribution in [3.63, 3.8) is 0 Å². The van der Waals surface area contributed by atoms with E-state index < -0.39 is 0 Å². The zero-order valence-electron chi connectivity index (χ0n) is 8.26. The molecule has 1 aliphatic heterocycles. The molecule has 1 saturated carbocycles. The van der Waals surface area contributed by atoms with Crippen molar-refractivity contribution in [1.82, 2.24) is 4.98 Å². The average molecular weight is 201 g/mol. The number of hydrogen-bond acceptors (Lipinski definition) is 3. The maximum Gasteiger partial charge on any atom is 0.253 e. The standard InChI is InChI=1S/C11H11N3O/c15-11-7-10(8-1-2-8)13-14(11)9-3-5-12-6-4-9/h3-6,8H,1-2,7H2. The Labute approximate surface area is 87.6 Å². The summed E-state index contributed by atoms with van der Waals surface area (Å²) in [7, 11) is 0. The Balaban J connectivity index is 1.90. The predicted molar refractivity (Wildman–Crippen MR) is 56.5 cm³/mol. The van der Waals surface area contributed by atoms with Crippen LogP contribution in [-0.4, -0.2) is 16.6 Å². The van der Waals surface area contributed by atoms with Gasteiger partial charge in [0.05, 0.1) is 17.8 Å². The van der Waals surface area contributed by atoms with Crippen molar-refractivity contribution in [1.29, 1.82) is 0 Å². The summed E-state index contributed by atoms with van der Waals surface area (Å²) in [6.07, 6.45) is 6.22. The van der Waals surface area contributed by atoms with Gasteiger partial charge in [0.1, 0.15) is 0 Å². The third kappa shape index (κ3) is 1.52. The molecule has 15 heavy (non-hydrogen) atoms. The summed E-state index contributed by atoms with van der Waals surface area (Å²) >= 11 is 0. The van der Waals surface area contributed by atoms with E-state index in [1.165, 1.54) is 17.9 Å². The van der Waals surface area contributed by atoms with E-state index in [9.17, 15) is 4.79 Å². The van der Waals surface area contributed by atoms with Gasteiger partial charge in [-0.2, -0.15) is 5.10 Å². The predicted octanol–water partition coefficient (Wildman–Crippen LogP) is 1.58. The first-order valence-electron chi connectivity index (χ1n) is 5.15. The number of nitrogens with zero attached hydrogens (tertiary/aromatic N) is 3. The van der Waals surface area contributed by atoms with Gasteiger partial charge in [0, 0.05) is 12.4 Å². The molecule has 0 saturated heterocycles. The molecule has 0 unspecified atom stereocenters. The van der Waals surface area contributed by atoms with Gasteiger partial charge >= 0.3 is 0 Å². The van der Waals surface area contributed by atoms with E-state index in [1.807, 2.05) is 0 Å². The van der Waals surface area contributed by atoms with Gasteiger partial charge in [-0.05, 0) is 30.9 Å². The number of hydrogen-bond donors (Lipinski definition) is 0. The highest BCUT2D eigenvalue weighted by Crippen LogP contribution is 2.35. The van der Waals surface area contributed by atoms with Crippen molar-refractivity contribution in [3.05, 3.63) is 24.5 Å². The molecule has 2 heterocycles. The highest BCUT2D eigenvalue weighted by atomic mass is 16.2. The zero-order valence-corrected chi connectivity index (χ0v) is 8.26. The third-order valence-corrected chi connectivity index (χ3v) is 2.75. The molecule has 1 aromatic heterocycles. The molecule has 0 bridgehead atoms. The summed E-state index contributed by atoms with van der Waals surface area (Å²) in [5, 5.41) is 5.87. The Morgan fingerprint density at radius 1 is 1.27 bits per heavy atom. The van der Waals surface area contributed by atoms with Crippen LogP contribution in [0.1, 0.15) is 19.3 Å². The minimum absolute atomic E-state index is 0.0723. The first-order valence-corrected chi connectivity index (χ1v) is 5.15. The maximum atomic E-state index is 11.7. The minimum atomic E-state index is 0.0723. The van der Waals surface area contributed by atoms with E-state index in [0.717, 1.165) is 11.4 Å². The van der Waals surface area contributed by atoms with Gasteiger partial charge in [-0.15, -0.1) is 0 Å². The Bertz CT molecular complexity index is 423. The molecular weight excluding hydrogens is 190 g/mol. The van der Waals surface area contributed by atoms with E-state index >= 15 is 0 Å². The zero-order chi connectivity index (χ0) is 10.3. The van der Waals surface area contributed by atoms with Crippen molar-refractivity contribution < 1.29 is 4.79 Å². The number of anilines is 1. The van der Waals surface area contributed by atoms with Crippen LogP contribution in [0.4, 0.5) is 5.69 Å². The van der Waals surface area contributed by atoms with Crippen LogP contribution in [0.2, 0.25) is 0 Å². The molecule has 0 N–H and O–H groups in total. The number of aromatic nitrogens is 1. The van der Waals surface area contributed by atoms with Crippen LogP contribution in [0.5, 0.6) is 0 Å². The average Bonchev–Trinajstić information content (AvgIpc) is 3.04. The van der Waals surface area contributed by atoms with Gasteiger partial charge in [-0.25, -0.2) is 5.01 Å². The van der Waals surface area contributed by atoms with Gasteiger partial charge < -0.3 is 0 Å². The molecule has 1 amide bonds. The van der Waals surface area contributed by atoms with Gasteiger partial charge in [0.25, 0.3) is 5.91 Å². The fraction of sp³-hybridized carbons (Fsp3) is 0.364. The molecule has 4 heteroatoms. The Kier molecular flexibility index (Phi) is 1.80. The second kappa shape index (κ2) is 3.15. The second-order valence-corrected chi connectivity index (χ2v) is 3.95. The topological polar surface area (TPSA) is 45.6 Å². The molecule has 1 aromatic rings. The lowest BCUT2D eigenvalue weighted by atomic mass is 10.2. The second-order valence-electron chi connectivity index (χ2n) is 3.95. The Morgan fingerprint density at radius 3 is 2.67 bits per heavy atom. The summed E-state index contributed by atoms with van der Waals surface area (Å²) in [6.45, 7) is 0. The molecule has 0 spiro atoms. The van der Waals surface area contributed by atoms with Crippen molar-refractivity contribution in [3.8, 4) is 0 Å². The van der Waals surface area contributed by atoms with Gasteiger partial charge in [0.2, 0.25) is 0 Å². The quantitative estimate of drug-likeness (QED) is 0.729. The van der Waals surface area contributed by atoms with Crippen molar-refractivity contribution in [2.24, 2.45) is 11.0 Å². The number of rotatable bonds is 2. The summed E-state index contributed by atoms with van der Waals surface area (Å²) in [4.78, 5) is 15.6. The molecule has 0 atom stereocenters. The van der Waals surface area contributed by atoms with Crippen LogP contribution < -0.4 is 5.01 Å². The van der Waals surface area contributed by atoms with Crippen LogP contribution in [0.3, 0.4) is 0 Å². The lowest BCUT2D eigenvalue weighted by Gasteiger charge is -2.10. The molecule has 1 fully saturated rings. The third-order valence-electron chi connectivity index (χ3n) is 2.75. The van der Waals surface area contributed by atoms with Gasteiger partial charge in [-0.3, -0.25) is 9.78 Å². The molecule has 4 nitrogen and oxygen atoms in total. The summed E-state index contributed by atoms with van der Waals surface area (Å²) in [6, 6.07) is 3.61. The number of pyridine rings is 1. The first kappa shape index (κ1) is 8.59. The van der Waals surface area contributed by atoms with Gasteiger partial charge in [0.15, 0.2) is 0 Å². The van der Waals surface area contributed by atoms with Crippen molar-refractivity contribution in [2.75, 3.05) is 5.01 Å². The fourth-order valence-corrected chi connectivity index (χ4v) is 1.78. The highest BCUT2D eigenvalue weighted by Gasteiger charge is 2.35. The van der Waals surface area contributed by atoms with Crippen LogP contribution >= 0.6 is 0 Å². The van der Waals surface area contributed by atoms with Crippen LogP contribution in [0.15, 0.2) is 29.6 Å². The molecule has 0 radical (unpaired) electrons. The van der Waals surface area contributed by atoms with Crippen LogP contribution in [0.25, 0.3) is 0 Å². The van der Waals surface area contributed by atoms with E-state index in [0.29, 0.717) is 12.3 Å². The lowest BCUT2D eigenvalue weighted by molar-refractivity contribution is -0.116. The number of amides is 1. The van der Waals surface area contributed by atoms with E-state index in [2.05, 4.69) is 10.1 Å². The summed E-state index contributed by atoms with van der Waals surface area (Å²) < 4.78 is 0. The van der Waals surface area contributed by atoms with Crippen LogP contribution in [-0.2, 0) is 4.79 Å². The molecule has 1 aliphatic carbocycles. The van der Waals surface area contributed by atoms with Gasteiger partial charge in [-0.1, -0.05) is 0 Å². The monoisotopic (exact) mass is 201 g/mol. The Hall–Kier alpha value is -1.71. The van der Waals surface area contributed by atoms with Crippen LogP contribution in [0, 0.1) is 5.92 Å². The first-order chi connectivity index (χ1) is 7.34. The van der Waals surface area contributed by atoms with E-state index in [1.54, 1.807) is 24.5 Å². The van der Waals surface area contributed by atoms with Crippen molar-refractivity contribution in [2.45, 2.75) is 19.3 Å². The van der Waals surface area contributed by atoms with E-state index in [-0.39, 0.29) is 5.91 Å². The van der Waals surface area contributed by atoms with Crippen molar-refractivity contribution >= 4 is 17.3 Å². The smallest absolute Gasteiger partial charge is 0.253 e. The lowest BCUT2D eigenvalue weighted by Crippen LogP contribution is -2.19. The maximum absolute atomic E-state index is 11.7. The normalized spacial score (nSPS) is 20.7. The molecule has 2 aliphatic rings. The summed E-state index contributed by atoms with van der Waals surface area (Å²) in [5.41, 5.74) is 1.86. The largest absolute Gasteiger partial charge is 0.272 e. The SMILES string of the molecule is O=C1CC(C2CC2)=NN1c1ccncc1. The molecule has 3 rings (SSSR count). The molecule has 76 valence electrons. The Morgan fingerprint density at radius 2 is 2.00 bits per heavy atom. The molecule has 0 aromatic carbocycles. The fourth-order valence-electron chi connectivity index (χ4n) is 1.78. The number of carbonyl (C=O) groups excluding carboxylic acids is 1. The van der Waals surface area contributed by atoms with E-state index in [4.69, 9.17) is 0 Å². The highest BCUT2D eigenvalue weighted by molar-refractivity contribution is 6.14. The number of carbonyl (C=O) groups is 1.